The molecule has 1 fully saturated rings. The van der Waals surface area contributed by atoms with Gasteiger partial charge in [0.25, 0.3) is 0 Å². The fourth-order valence-electron chi connectivity index (χ4n) is 3.41. The molecule has 29 heavy (non-hydrogen) atoms. The Morgan fingerprint density at radius 1 is 1.28 bits per heavy atom. The fourth-order valence-corrected chi connectivity index (χ4v) is 6.05. The number of amides is 1. The Morgan fingerprint density at radius 3 is 2.55 bits per heavy atom. The largest absolute Gasteiger partial charge is 0.334 e. The van der Waals surface area contributed by atoms with Gasteiger partial charge in [-0.15, -0.1) is 17.9 Å². The van der Waals surface area contributed by atoms with Gasteiger partial charge in [-0.3, -0.25) is 4.79 Å². The zero-order chi connectivity index (χ0) is 21.0. The molecule has 1 aliphatic rings. The molecule has 2 aromatic rings. The Hall–Kier alpha value is -1.74. The smallest absolute Gasteiger partial charge is 0.245 e. The van der Waals surface area contributed by atoms with Gasteiger partial charge in [0.15, 0.2) is 0 Å². The lowest BCUT2D eigenvalue weighted by Gasteiger charge is -2.33. The molecule has 0 spiro atoms. The number of hydrogen-bond donors (Lipinski definition) is 0. The second kappa shape index (κ2) is 9.38. The highest BCUT2D eigenvalue weighted by molar-refractivity contribution is 7.89. The molecule has 0 N–H and O–H groups in total. The van der Waals surface area contributed by atoms with E-state index in [9.17, 15) is 17.6 Å². The van der Waals surface area contributed by atoms with E-state index in [4.69, 9.17) is 11.6 Å². The lowest BCUT2D eigenvalue weighted by molar-refractivity contribution is -0.136. The molecule has 0 unspecified atom stereocenters. The Labute approximate surface area is 179 Å². The molecule has 0 saturated carbocycles. The highest BCUT2D eigenvalue weighted by Gasteiger charge is 2.34. The summed E-state index contributed by atoms with van der Waals surface area (Å²) in [4.78, 5) is 15.4. The van der Waals surface area contributed by atoms with Gasteiger partial charge in [-0.05, 0) is 37.1 Å². The zero-order valence-electron chi connectivity index (χ0n) is 15.8. The van der Waals surface area contributed by atoms with Crippen molar-refractivity contribution in [3.8, 4) is 0 Å². The Bertz CT molecular complexity index is 985. The van der Waals surface area contributed by atoms with Crippen LogP contribution < -0.4 is 0 Å². The van der Waals surface area contributed by atoms with Crippen molar-refractivity contribution in [3.63, 3.8) is 0 Å². The summed E-state index contributed by atoms with van der Waals surface area (Å²) in [6.07, 6.45) is 2.46. The van der Waals surface area contributed by atoms with E-state index >= 15 is 0 Å². The van der Waals surface area contributed by atoms with Gasteiger partial charge in [0.1, 0.15) is 10.7 Å². The molecule has 1 aromatic heterocycles. The summed E-state index contributed by atoms with van der Waals surface area (Å²) < 4.78 is 41.3. The molecule has 0 radical (unpaired) electrons. The first-order valence-corrected chi connectivity index (χ1v) is 11.8. The molecule has 3 rings (SSSR count). The van der Waals surface area contributed by atoms with Crippen LogP contribution in [-0.4, -0.2) is 43.2 Å². The van der Waals surface area contributed by atoms with Gasteiger partial charge in [-0.2, -0.15) is 4.31 Å². The number of halogens is 2. The first-order chi connectivity index (χ1) is 13.8. The summed E-state index contributed by atoms with van der Waals surface area (Å²) in [5, 5.41) is 0. The van der Waals surface area contributed by atoms with Gasteiger partial charge in [0.05, 0.1) is 10.9 Å². The summed E-state index contributed by atoms with van der Waals surface area (Å²) in [6.45, 7) is 4.93. The number of piperidine rings is 1. The van der Waals surface area contributed by atoms with E-state index in [1.807, 2.05) is 6.07 Å². The first-order valence-electron chi connectivity index (χ1n) is 9.21. The fraction of sp³-hybridized carbons (Fsp3) is 0.350. The highest BCUT2D eigenvalue weighted by atomic mass is 35.5. The molecule has 1 amide bonds. The lowest BCUT2D eigenvalue weighted by atomic mass is 9.96. The third-order valence-corrected chi connectivity index (χ3v) is 8.04. The third kappa shape index (κ3) is 5.06. The minimum atomic E-state index is -3.91. The number of carbonyl (C=O) groups is 1. The van der Waals surface area contributed by atoms with Crippen molar-refractivity contribution in [2.75, 3.05) is 19.6 Å². The number of thiophene rings is 1. The predicted molar refractivity (Wildman–Crippen MR) is 113 cm³/mol. The normalized spacial score (nSPS) is 15.9. The van der Waals surface area contributed by atoms with E-state index < -0.39 is 15.8 Å². The topological polar surface area (TPSA) is 57.7 Å². The van der Waals surface area contributed by atoms with Crippen LogP contribution in [0.25, 0.3) is 0 Å². The maximum Gasteiger partial charge on any atom is 0.245 e. The number of rotatable bonds is 7. The molecule has 1 saturated heterocycles. The number of sulfonamides is 1. The molecule has 0 atom stereocenters. The van der Waals surface area contributed by atoms with E-state index in [1.54, 1.807) is 17.0 Å². The maximum atomic E-state index is 14.0. The molecule has 0 bridgehead atoms. The van der Waals surface area contributed by atoms with Crippen LogP contribution in [0.5, 0.6) is 0 Å². The monoisotopic (exact) mass is 456 g/mol. The highest BCUT2D eigenvalue weighted by Crippen LogP contribution is 2.28. The number of benzene rings is 1. The van der Waals surface area contributed by atoms with Crippen LogP contribution in [0.1, 0.15) is 17.7 Å². The van der Waals surface area contributed by atoms with E-state index in [0.29, 0.717) is 30.3 Å². The van der Waals surface area contributed by atoms with Crippen molar-refractivity contribution in [2.24, 2.45) is 5.92 Å². The van der Waals surface area contributed by atoms with Crippen molar-refractivity contribution >= 4 is 38.9 Å². The second-order valence-corrected chi connectivity index (χ2v) is 10.5. The van der Waals surface area contributed by atoms with Gasteiger partial charge < -0.3 is 4.90 Å². The van der Waals surface area contributed by atoms with Crippen LogP contribution >= 0.6 is 22.9 Å². The molecule has 0 aliphatic carbocycles. The summed E-state index contributed by atoms with van der Waals surface area (Å²) in [5.41, 5.74) is 0. The Balaban J connectivity index is 1.66. The summed E-state index contributed by atoms with van der Waals surface area (Å²) >= 11 is 7.40. The van der Waals surface area contributed by atoms with Gasteiger partial charge in [0, 0.05) is 30.4 Å². The van der Waals surface area contributed by atoms with E-state index in [-0.39, 0.29) is 29.8 Å². The number of hydrogen-bond acceptors (Lipinski definition) is 4. The van der Waals surface area contributed by atoms with Crippen molar-refractivity contribution in [2.45, 2.75) is 24.3 Å². The predicted octanol–water partition coefficient (Wildman–Crippen LogP) is 4.16. The van der Waals surface area contributed by atoms with Gasteiger partial charge in [-0.1, -0.05) is 29.8 Å². The van der Waals surface area contributed by atoms with Gasteiger partial charge in [-0.25, -0.2) is 12.8 Å². The number of carbonyl (C=O) groups excluding carboxylic acids is 1. The molecule has 9 heteroatoms. The van der Waals surface area contributed by atoms with Crippen LogP contribution in [0.4, 0.5) is 4.39 Å². The van der Waals surface area contributed by atoms with Gasteiger partial charge >= 0.3 is 0 Å². The van der Waals surface area contributed by atoms with Crippen molar-refractivity contribution in [1.82, 2.24) is 9.21 Å². The summed E-state index contributed by atoms with van der Waals surface area (Å²) in [7, 11) is -3.91. The number of nitrogens with zero attached hydrogens (tertiary/aromatic N) is 2. The molecular weight excluding hydrogens is 435 g/mol. The second-order valence-electron chi connectivity index (χ2n) is 6.82. The zero-order valence-corrected chi connectivity index (χ0v) is 18.1. The molecule has 2 heterocycles. The Morgan fingerprint density at radius 2 is 1.97 bits per heavy atom. The lowest BCUT2D eigenvalue weighted by Crippen LogP contribution is -2.44. The van der Waals surface area contributed by atoms with Crippen LogP contribution in [0, 0.1) is 11.7 Å². The standard InChI is InChI=1S/C20H22ClFN2O3S2/c1-2-11-23(14-16-7-8-19(21)28-16)20(25)15-9-12-24(13-10-15)29(26,27)18-6-4-3-5-17(18)22/h2-8,15H,1,9-14H2. The third-order valence-electron chi connectivity index (χ3n) is 4.89. The summed E-state index contributed by atoms with van der Waals surface area (Å²) in [5.74, 6) is -1.08. The van der Waals surface area contributed by atoms with E-state index in [0.717, 1.165) is 10.9 Å². The minimum Gasteiger partial charge on any atom is -0.334 e. The Kier molecular flexibility index (Phi) is 7.10. The summed E-state index contributed by atoms with van der Waals surface area (Å²) in [6, 6.07) is 9.03. The molecular formula is C20H22ClFN2O3S2. The van der Waals surface area contributed by atoms with Crippen LogP contribution in [0.2, 0.25) is 4.34 Å². The van der Waals surface area contributed by atoms with Crippen molar-refractivity contribution in [3.05, 3.63) is 64.1 Å². The molecule has 1 aromatic carbocycles. The quantitative estimate of drug-likeness (QED) is 0.588. The van der Waals surface area contributed by atoms with E-state index in [2.05, 4.69) is 6.58 Å². The van der Waals surface area contributed by atoms with Crippen LogP contribution in [-0.2, 0) is 21.4 Å². The molecule has 156 valence electrons. The minimum absolute atomic E-state index is 0.0302. The SMILES string of the molecule is C=CCN(Cc1ccc(Cl)s1)C(=O)C1CCN(S(=O)(=O)c2ccccc2F)CC1. The van der Waals surface area contributed by atoms with Crippen LogP contribution in [0.15, 0.2) is 53.9 Å². The van der Waals surface area contributed by atoms with Crippen LogP contribution in [0.3, 0.4) is 0 Å². The first kappa shape index (κ1) is 22.0. The maximum absolute atomic E-state index is 14.0. The van der Waals surface area contributed by atoms with Crippen molar-refractivity contribution < 1.29 is 17.6 Å². The average Bonchev–Trinajstić information content (AvgIpc) is 3.12. The average molecular weight is 457 g/mol. The van der Waals surface area contributed by atoms with E-state index in [1.165, 1.54) is 33.8 Å². The molecule has 1 aliphatic heterocycles. The van der Waals surface area contributed by atoms with Gasteiger partial charge in [0.2, 0.25) is 15.9 Å². The van der Waals surface area contributed by atoms with Crippen molar-refractivity contribution in [1.29, 1.82) is 0 Å². The molecule has 5 nitrogen and oxygen atoms in total.